The van der Waals surface area contributed by atoms with Gasteiger partial charge in [-0.2, -0.15) is 0 Å². The molecular weight excluding hydrogens is 460 g/mol. The van der Waals surface area contributed by atoms with Crippen LogP contribution in [-0.2, 0) is 0 Å². The van der Waals surface area contributed by atoms with Crippen LogP contribution in [0.5, 0.6) is 5.75 Å². The molecule has 36 heavy (non-hydrogen) atoms. The smallest absolute Gasteiger partial charge is 0.143 e. The number of thiophene rings is 1. The molecule has 8 aromatic rings. The predicted octanol–water partition coefficient (Wildman–Crippen LogP) is 9.94. The summed E-state index contributed by atoms with van der Waals surface area (Å²) in [5.74, 6) is 0.857. The maximum atomic E-state index is 6.56. The second-order valence-corrected chi connectivity index (χ2v) is 10.4. The van der Waals surface area contributed by atoms with Crippen molar-refractivity contribution in [2.45, 2.75) is 0 Å². The van der Waals surface area contributed by atoms with Gasteiger partial charge in [0.05, 0.1) is 7.11 Å². The molecule has 3 heteroatoms. The van der Waals surface area contributed by atoms with Crippen LogP contribution < -0.4 is 4.74 Å². The van der Waals surface area contributed by atoms with Crippen LogP contribution in [0.1, 0.15) is 0 Å². The fraction of sp³-hybridized carbons (Fsp3) is 0.0303. The summed E-state index contributed by atoms with van der Waals surface area (Å²) in [6.45, 7) is 0. The summed E-state index contributed by atoms with van der Waals surface area (Å²) in [5, 5.41) is 9.73. The molecule has 0 aliphatic heterocycles. The van der Waals surface area contributed by atoms with E-state index in [-0.39, 0.29) is 0 Å². The molecule has 0 saturated heterocycles. The Labute approximate surface area is 210 Å². The summed E-state index contributed by atoms with van der Waals surface area (Å²) in [7, 11) is 1.70. The fourth-order valence-corrected chi connectivity index (χ4v) is 6.78. The first-order chi connectivity index (χ1) is 17.8. The van der Waals surface area contributed by atoms with Gasteiger partial charge in [0.15, 0.2) is 0 Å². The van der Waals surface area contributed by atoms with Crippen molar-refractivity contribution in [1.82, 2.24) is 0 Å². The molecule has 8 rings (SSSR count). The highest BCUT2D eigenvalue weighted by molar-refractivity contribution is 7.25. The fourth-order valence-electron chi connectivity index (χ4n) is 5.65. The van der Waals surface area contributed by atoms with E-state index in [0.29, 0.717) is 0 Å². The van der Waals surface area contributed by atoms with Crippen LogP contribution in [0.4, 0.5) is 0 Å². The lowest BCUT2D eigenvalue weighted by Gasteiger charge is -2.13. The van der Waals surface area contributed by atoms with Gasteiger partial charge >= 0.3 is 0 Å². The topological polar surface area (TPSA) is 22.4 Å². The first-order valence-corrected chi connectivity index (χ1v) is 12.9. The van der Waals surface area contributed by atoms with Crippen LogP contribution in [0, 0.1) is 0 Å². The molecule has 0 N–H and O–H groups in total. The first kappa shape index (κ1) is 19.9. The highest BCUT2D eigenvalue weighted by Crippen LogP contribution is 2.44. The number of para-hydroxylation sites is 1. The number of hydrogen-bond donors (Lipinski definition) is 0. The summed E-state index contributed by atoms with van der Waals surface area (Å²) < 4.78 is 14.6. The zero-order valence-electron chi connectivity index (χ0n) is 19.5. The van der Waals surface area contributed by atoms with Crippen molar-refractivity contribution >= 4 is 75.0 Å². The molecule has 6 aromatic carbocycles. The summed E-state index contributed by atoms with van der Waals surface area (Å²) in [6, 6.07) is 36.9. The molecule has 0 radical (unpaired) electrons. The van der Waals surface area contributed by atoms with Crippen LogP contribution in [0.25, 0.3) is 74.8 Å². The van der Waals surface area contributed by atoms with Gasteiger partial charge < -0.3 is 9.15 Å². The highest BCUT2D eigenvalue weighted by Gasteiger charge is 2.17. The number of rotatable bonds is 2. The predicted molar refractivity (Wildman–Crippen MR) is 154 cm³/mol. The second-order valence-electron chi connectivity index (χ2n) is 9.28. The zero-order valence-corrected chi connectivity index (χ0v) is 20.4. The molecular formula is C33H20O2S. The standard InChI is InChI=1S/C33H20O2S/c1-34-21-12-10-19(11-13-21)26-16-20-17-31-28(23-7-3-5-9-30(23)36-31)18-27(20)32-24(26)14-15-25-22-6-2-4-8-29(22)35-33(25)32/h2-18H,1H3. The normalized spacial score (nSPS) is 12.0. The molecule has 2 aromatic heterocycles. The van der Waals surface area contributed by atoms with Gasteiger partial charge in [0.2, 0.25) is 0 Å². The van der Waals surface area contributed by atoms with Crippen LogP contribution in [0.3, 0.4) is 0 Å². The number of fused-ring (bicyclic) bond motifs is 10. The average Bonchev–Trinajstić information content (AvgIpc) is 3.49. The highest BCUT2D eigenvalue weighted by atomic mass is 32.1. The van der Waals surface area contributed by atoms with Gasteiger partial charge in [-0.05, 0) is 75.8 Å². The van der Waals surface area contributed by atoms with E-state index in [1.165, 1.54) is 47.3 Å². The molecule has 0 unspecified atom stereocenters. The Morgan fingerprint density at radius 2 is 1.39 bits per heavy atom. The third-order valence-corrected chi connectivity index (χ3v) is 8.49. The molecule has 0 bridgehead atoms. The maximum Gasteiger partial charge on any atom is 0.143 e. The van der Waals surface area contributed by atoms with E-state index in [1.807, 2.05) is 29.5 Å². The van der Waals surface area contributed by atoms with Gasteiger partial charge in [0.1, 0.15) is 16.9 Å². The lowest BCUT2D eigenvalue weighted by Crippen LogP contribution is -1.87. The first-order valence-electron chi connectivity index (χ1n) is 12.0. The number of furan rings is 1. The lowest BCUT2D eigenvalue weighted by atomic mass is 9.91. The van der Waals surface area contributed by atoms with E-state index in [2.05, 4.69) is 84.9 Å². The molecule has 0 fully saturated rings. The van der Waals surface area contributed by atoms with Crippen molar-refractivity contribution in [1.29, 1.82) is 0 Å². The summed E-state index contributed by atoms with van der Waals surface area (Å²) in [4.78, 5) is 0. The Kier molecular flexibility index (Phi) is 4.05. The van der Waals surface area contributed by atoms with E-state index < -0.39 is 0 Å². The molecule has 0 spiro atoms. The van der Waals surface area contributed by atoms with Crippen LogP contribution >= 0.6 is 11.3 Å². The van der Waals surface area contributed by atoms with Crippen LogP contribution in [-0.4, -0.2) is 7.11 Å². The van der Waals surface area contributed by atoms with Gasteiger partial charge in [-0.1, -0.05) is 54.6 Å². The minimum absolute atomic E-state index is 0.857. The molecule has 2 nitrogen and oxygen atoms in total. The molecule has 2 heterocycles. The number of ether oxygens (including phenoxy) is 1. The Hall–Kier alpha value is -4.34. The molecule has 0 atom stereocenters. The monoisotopic (exact) mass is 480 g/mol. The largest absolute Gasteiger partial charge is 0.497 e. The molecule has 0 aliphatic rings. The molecule has 0 amide bonds. The Bertz CT molecular complexity index is 2130. The van der Waals surface area contributed by atoms with Gasteiger partial charge in [-0.25, -0.2) is 0 Å². The van der Waals surface area contributed by atoms with E-state index in [0.717, 1.165) is 33.3 Å². The maximum absolute atomic E-state index is 6.56. The molecule has 0 aliphatic carbocycles. The van der Waals surface area contributed by atoms with E-state index in [4.69, 9.17) is 9.15 Å². The van der Waals surface area contributed by atoms with Gasteiger partial charge in [0, 0.05) is 36.3 Å². The average molecular weight is 481 g/mol. The Balaban J connectivity index is 1.58. The molecule has 0 saturated carbocycles. The number of hydrogen-bond acceptors (Lipinski definition) is 3. The SMILES string of the molecule is COc1ccc(-c2cc3cc4sc5ccccc5c4cc3c3c2ccc2c4ccccc4oc23)cc1. The third-order valence-electron chi connectivity index (χ3n) is 7.36. The number of benzene rings is 6. The van der Waals surface area contributed by atoms with Crippen molar-refractivity contribution in [3.63, 3.8) is 0 Å². The zero-order chi connectivity index (χ0) is 23.8. The molecule has 170 valence electrons. The summed E-state index contributed by atoms with van der Waals surface area (Å²) in [6.07, 6.45) is 0. The summed E-state index contributed by atoms with van der Waals surface area (Å²) >= 11 is 1.86. The minimum Gasteiger partial charge on any atom is -0.497 e. The van der Waals surface area contributed by atoms with E-state index in [1.54, 1.807) is 7.11 Å². The summed E-state index contributed by atoms with van der Waals surface area (Å²) in [5.41, 5.74) is 4.23. The Morgan fingerprint density at radius 1 is 0.611 bits per heavy atom. The second kappa shape index (κ2) is 7.33. The Morgan fingerprint density at radius 3 is 2.25 bits per heavy atom. The van der Waals surface area contributed by atoms with Crippen molar-refractivity contribution in [2.75, 3.05) is 7.11 Å². The van der Waals surface area contributed by atoms with Crippen molar-refractivity contribution in [3.05, 3.63) is 103 Å². The number of methoxy groups -OCH3 is 1. The lowest BCUT2D eigenvalue weighted by molar-refractivity contribution is 0.415. The van der Waals surface area contributed by atoms with Crippen LogP contribution in [0.2, 0.25) is 0 Å². The van der Waals surface area contributed by atoms with Crippen molar-refractivity contribution < 1.29 is 9.15 Å². The van der Waals surface area contributed by atoms with Crippen molar-refractivity contribution in [3.8, 4) is 16.9 Å². The quantitative estimate of drug-likeness (QED) is 0.230. The van der Waals surface area contributed by atoms with E-state index >= 15 is 0 Å². The van der Waals surface area contributed by atoms with E-state index in [9.17, 15) is 0 Å². The minimum atomic E-state index is 0.857. The third kappa shape index (κ3) is 2.72. The van der Waals surface area contributed by atoms with Gasteiger partial charge in [-0.15, -0.1) is 11.3 Å². The van der Waals surface area contributed by atoms with Crippen molar-refractivity contribution in [2.24, 2.45) is 0 Å². The van der Waals surface area contributed by atoms with Gasteiger partial charge in [0.25, 0.3) is 0 Å². The van der Waals surface area contributed by atoms with Crippen LogP contribution in [0.15, 0.2) is 108 Å². The van der Waals surface area contributed by atoms with Gasteiger partial charge in [-0.3, -0.25) is 0 Å².